The maximum absolute atomic E-state index is 5.20. The average Bonchev–Trinajstić information content (AvgIpc) is 2.95. The Morgan fingerprint density at radius 3 is 2.52 bits per heavy atom. The van der Waals surface area contributed by atoms with Crippen molar-refractivity contribution in [2.45, 2.75) is 25.9 Å². The molecule has 0 amide bonds. The third kappa shape index (κ3) is 3.76. The molecule has 5 nitrogen and oxygen atoms in total. The van der Waals surface area contributed by atoms with Crippen LogP contribution in [0.15, 0.2) is 36.7 Å². The van der Waals surface area contributed by atoms with Gasteiger partial charge in [-0.3, -0.25) is 0 Å². The van der Waals surface area contributed by atoms with Crippen LogP contribution in [0.1, 0.15) is 25.5 Å². The second kappa shape index (κ2) is 7.13. The van der Waals surface area contributed by atoms with Crippen LogP contribution in [0.4, 0.5) is 5.95 Å². The number of hydrogen-bond donors (Lipinski definition) is 1. The van der Waals surface area contributed by atoms with E-state index < -0.39 is 0 Å². The lowest BCUT2D eigenvalue weighted by Crippen LogP contribution is -2.24. The van der Waals surface area contributed by atoms with E-state index in [4.69, 9.17) is 9.47 Å². The first-order valence-electron chi connectivity index (χ1n) is 7.08. The fraction of sp³-hybridized carbons (Fsp3) is 0.438. The van der Waals surface area contributed by atoms with Crippen molar-refractivity contribution in [3.63, 3.8) is 0 Å². The van der Waals surface area contributed by atoms with Crippen molar-refractivity contribution in [2.24, 2.45) is 0 Å². The summed E-state index contributed by atoms with van der Waals surface area (Å²) in [5, 5.41) is 3.37. The van der Waals surface area contributed by atoms with Crippen molar-refractivity contribution in [3.05, 3.63) is 42.2 Å². The van der Waals surface area contributed by atoms with E-state index in [0.29, 0.717) is 6.61 Å². The smallest absolute Gasteiger partial charge is 0.203 e. The van der Waals surface area contributed by atoms with E-state index in [-0.39, 0.29) is 12.1 Å². The number of methoxy groups -OCH3 is 2. The minimum atomic E-state index is 0.190. The number of nitrogens with one attached hydrogen (secondary N) is 1. The van der Waals surface area contributed by atoms with Crippen LogP contribution < -0.4 is 10.1 Å². The molecular weight excluding hydrogens is 266 g/mol. The summed E-state index contributed by atoms with van der Waals surface area (Å²) in [5.74, 6) is 1.71. The quantitative estimate of drug-likeness (QED) is 0.851. The van der Waals surface area contributed by atoms with Gasteiger partial charge in [-0.05, 0) is 31.5 Å². The molecule has 2 rings (SSSR count). The molecule has 0 aliphatic rings. The summed E-state index contributed by atoms with van der Waals surface area (Å²) in [6.07, 6.45) is 3.79. The molecule has 21 heavy (non-hydrogen) atoms. The lowest BCUT2D eigenvalue weighted by Gasteiger charge is -2.20. The van der Waals surface area contributed by atoms with Gasteiger partial charge in [-0.1, -0.05) is 12.1 Å². The molecule has 0 bridgehead atoms. The Kier molecular flexibility index (Phi) is 5.22. The van der Waals surface area contributed by atoms with Gasteiger partial charge in [-0.15, -0.1) is 0 Å². The van der Waals surface area contributed by atoms with Gasteiger partial charge in [0.25, 0.3) is 0 Å². The predicted octanol–water partition coefficient (Wildman–Crippen LogP) is 2.95. The van der Waals surface area contributed by atoms with E-state index >= 15 is 0 Å². The van der Waals surface area contributed by atoms with Gasteiger partial charge in [-0.25, -0.2) is 4.98 Å². The Morgan fingerprint density at radius 2 is 1.90 bits per heavy atom. The van der Waals surface area contributed by atoms with Gasteiger partial charge in [-0.2, -0.15) is 0 Å². The zero-order chi connectivity index (χ0) is 15.2. The fourth-order valence-electron chi connectivity index (χ4n) is 2.29. The van der Waals surface area contributed by atoms with Gasteiger partial charge in [0.15, 0.2) is 0 Å². The minimum absolute atomic E-state index is 0.190. The third-order valence-electron chi connectivity index (χ3n) is 3.48. The lowest BCUT2D eigenvalue weighted by atomic mass is 10.1. The predicted molar refractivity (Wildman–Crippen MR) is 84.0 cm³/mol. The second-order valence-electron chi connectivity index (χ2n) is 5.11. The van der Waals surface area contributed by atoms with Gasteiger partial charge in [0, 0.05) is 25.5 Å². The highest BCUT2D eigenvalue weighted by molar-refractivity contribution is 5.34. The first-order chi connectivity index (χ1) is 10.2. The largest absolute Gasteiger partial charge is 0.497 e. The molecule has 1 aromatic carbocycles. The monoisotopic (exact) mass is 289 g/mol. The molecule has 0 spiro atoms. The summed E-state index contributed by atoms with van der Waals surface area (Å²) in [4.78, 5) is 4.39. The van der Waals surface area contributed by atoms with Crippen molar-refractivity contribution >= 4 is 5.95 Å². The SMILES string of the molecule is COCC(C)Nc1nccn1C(C)c1ccc(OC)cc1. The molecule has 2 aromatic rings. The van der Waals surface area contributed by atoms with Gasteiger partial charge in [0.05, 0.1) is 19.8 Å². The first-order valence-corrected chi connectivity index (χ1v) is 7.08. The molecule has 0 aliphatic heterocycles. The Labute approximate surface area is 125 Å². The summed E-state index contributed by atoms with van der Waals surface area (Å²) >= 11 is 0. The molecule has 1 aromatic heterocycles. The van der Waals surface area contributed by atoms with E-state index in [2.05, 4.69) is 40.8 Å². The van der Waals surface area contributed by atoms with Crippen molar-refractivity contribution in [1.29, 1.82) is 0 Å². The standard InChI is InChI=1S/C16H23N3O2/c1-12(11-20-3)18-16-17-9-10-19(16)13(2)14-5-7-15(21-4)8-6-14/h5-10,12-13H,11H2,1-4H3,(H,17,18). The van der Waals surface area contributed by atoms with Crippen LogP contribution in [-0.4, -0.2) is 36.4 Å². The molecule has 2 unspecified atom stereocenters. The molecule has 0 saturated carbocycles. The van der Waals surface area contributed by atoms with E-state index in [1.165, 1.54) is 5.56 Å². The molecule has 1 N–H and O–H groups in total. The topological polar surface area (TPSA) is 48.3 Å². The van der Waals surface area contributed by atoms with Gasteiger partial charge < -0.3 is 19.4 Å². The van der Waals surface area contributed by atoms with Gasteiger partial charge in [0.1, 0.15) is 5.75 Å². The zero-order valence-corrected chi connectivity index (χ0v) is 13.0. The normalized spacial score (nSPS) is 13.7. The van der Waals surface area contributed by atoms with E-state index in [9.17, 15) is 0 Å². The van der Waals surface area contributed by atoms with Crippen LogP contribution in [0.3, 0.4) is 0 Å². The molecule has 114 valence electrons. The minimum Gasteiger partial charge on any atom is -0.497 e. The van der Waals surface area contributed by atoms with E-state index in [1.54, 1.807) is 14.2 Å². The molecule has 1 heterocycles. The number of nitrogens with zero attached hydrogens (tertiary/aromatic N) is 2. The van der Waals surface area contributed by atoms with Crippen LogP contribution in [-0.2, 0) is 4.74 Å². The van der Waals surface area contributed by atoms with Crippen LogP contribution >= 0.6 is 0 Å². The molecule has 0 radical (unpaired) electrons. The highest BCUT2D eigenvalue weighted by Crippen LogP contribution is 2.23. The van der Waals surface area contributed by atoms with Crippen molar-refractivity contribution < 1.29 is 9.47 Å². The number of benzene rings is 1. The van der Waals surface area contributed by atoms with Crippen molar-refractivity contribution in [2.75, 3.05) is 26.1 Å². The summed E-state index contributed by atoms with van der Waals surface area (Å²) in [6.45, 7) is 4.86. The van der Waals surface area contributed by atoms with E-state index in [1.807, 2.05) is 24.5 Å². The maximum atomic E-state index is 5.20. The molecule has 0 saturated heterocycles. The van der Waals surface area contributed by atoms with Crippen LogP contribution in [0, 0.1) is 0 Å². The Balaban J connectivity index is 2.15. The van der Waals surface area contributed by atoms with Crippen LogP contribution in [0.5, 0.6) is 5.75 Å². The zero-order valence-electron chi connectivity index (χ0n) is 13.0. The number of hydrogen-bond acceptors (Lipinski definition) is 4. The third-order valence-corrected chi connectivity index (χ3v) is 3.48. The first kappa shape index (κ1) is 15.4. The summed E-state index contributed by atoms with van der Waals surface area (Å²) < 4.78 is 12.5. The molecular formula is C16H23N3O2. The fourth-order valence-corrected chi connectivity index (χ4v) is 2.29. The number of imidazole rings is 1. The van der Waals surface area contributed by atoms with Crippen LogP contribution in [0.2, 0.25) is 0 Å². The Bertz CT molecular complexity index is 551. The lowest BCUT2D eigenvalue weighted by molar-refractivity contribution is 0.190. The summed E-state index contributed by atoms with van der Waals surface area (Å²) in [7, 11) is 3.37. The highest BCUT2D eigenvalue weighted by Gasteiger charge is 2.13. The van der Waals surface area contributed by atoms with Crippen LogP contribution in [0.25, 0.3) is 0 Å². The maximum Gasteiger partial charge on any atom is 0.203 e. The van der Waals surface area contributed by atoms with Crippen molar-refractivity contribution in [3.8, 4) is 5.75 Å². The molecule has 2 atom stereocenters. The second-order valence-corrected chi connectivity index (χ2v) is 5.11. The summed E-state index contributed by atoms with van der Waals surface area (Å²) in [6, 6.07) is 8.50. The molecule has 0 fully saturated rings. The van der Waals surface area contributed by atoms with Crippen molar-refractivity contribution in [1.82, 2.24) is 9.55 Å². The molecule has 0 aliphatic carbocycles. The van der Waals surface area contributed by atoms with Gasteiger partial charge >= 0.3 is 0 Å². The molecule has 5 heteroatoms. The average molecular weight is 289 g/mol. The van der Waals surface area contributed by atoms with Gasteiger partial charge in [0.2, 0.25) is 5.95 Å². The highest BCUT2D eigenvalue weighted by atomic mass is 16.5. The Hall–Kier alpha value is -2.01. The summed E-state index contributed by atoms with van der Waals surface area (Å²) in [5.41, 5.74) is 1.20. The van der Waals surface area contributed by atoms with E-state index in [0.717, 1.165) is 11.7 Å². The Morgan fingerprint density at radius 1 is 1.19 bits per heavy atom. The number of aromatic nitrogens is 2. The number of ether oxygens (including phenoxy) is 2. The number of rotatable bonds is 7. The number of anilines is 1.